The molecule has 25 heavy (non-hydrogen) atoms. The Kier molecular flexibility index (Phi) is 4.19. The molecule has 0 radical (unpaired) electrons. The monoisotopic (exact) mass is 340 g/mol. The number of hydrogen-bond acceptors (Lipinski definition) is 4. The molecule has 1 aromatic heterocycles. The van der Waals surface area contributed by atoms with Crippen LogP contribution in [0.5, 0.6) is 0 Å². The highest BCUT2D eigenvalue weighted by molar-refractivity contribution is 5.75. The Balaban J connectivity index is 1.33. The Bertz CT molecular complexity index is 737. The van der Waals surface area contributed by atoms with Gasteiger partial charge in [0.2, 0.25) is 5.89 Å². The summed E-state index contributed by atoms with van der Waals surface area (Å²) in [6, 6.07) is 10.4. The third kappa shape index (κ3) is 3.38. The molecule has 1 heterocycles. The maximum Gasteiger partial charge on any atom is 0.315 e. The van der Waals surface area contributed by atoms with Crippen molar-refractivity contribution < 1.29 is 9.32 Å². The fourth-order valence-corrected chi connectivity index (χ4v) is 3.94. The third-order valence-corrected chi connectivity index (χ3v) is 5.44. The number of nitrogens with zero attached hydrogens (tertiary/aromatic N) is 2. The van der Waals surface area contributed by atoms with Crippen LogP contribution in [0.25, 0.3) is 0 Å². The first-order chi connectivity index (χ1) is 12.2. The molecule has 0 spiro atoms. The number of rotatable bonds is 5. The van der Waals surface area contributed by atoms with Gasteiger partial charge in [0, 0.05) is 13.5 Å². The molecule has 2 aliphatic rings. The van der Waals surface area contributed by atoms with Crippen LogP contribution in [0.4, 0.5) is 4.79 Å². The summed E-state index contributed by atoms with van der Waals surface area (Å²) < 4.78 is 5.12. The normalized spacial score (nSPS) is 24.0. The van der Waals surface area contributed by atoms with Crippen LogP contribution in [-0.4, -0.2) is 22.7 Å². The topological polar surface area (TPSA) is 80.0 Å². The van der Waals surface area contributed by atoms with E-state index in [-0.39, 0.29) is 6.03 Å². The number of urea groups is 1. The lowest BCUT2D eigenvalue weighted by Gasteiger charge is -2.26. The zero-order valence-corrected chi connectivity index (χ0v) is 14.5. The summed E-state index contributed by atoms with van der Waals surface area (Å²) in [6.45, 7) is 2.47. The molecule has 0 saturated heterocycles. The maximum absolute atomic E-state index is 12.5. The molecule has 2 amide bonds. The summed E-state index contributed by atoms with van der Waals surface area (Å²) in [4.78, 5) is 16.8. The Hall–Kier alpha value is -2.37. The van der Waals surface area contributed by atoms with Gasteiger partial charge < -0.3 is 15.2 Å². The highest BCUT2D eigenvalue weighted by Gasteiger charge is 2.42. The van der Waals surface area contributed by atoms with E-state index in [4.69, 9.17) is 4.52 Å². The van der Waals surface area contributed by atoms with Crippen molar-refractivity contribution in [2.75, 3.05) is 6.54 Å². The number of benzene rings is 1. The summed E-state index contributed by atoms with van der Waals surface area (Å²) in [5, 5.41) is 10.2. The predicted molar refractivity (Wildman–Crippen MR) is 93.0 cm³/mol. The molecular weight excluding hydrogens is 316 g/mol. The summed E-state index contributed by atoms with van der Waals surface area (Å²) in [5.41, 5.74) is 0.883. The first kappa shape index (κ1) is 16.1. The van der Waals surface area contributed by atoms with Crippen molar-refractivity contribution in [2.45, 2.75) is 50.5 Å². The molecule has 2 unspecified atom stereocenters. The lowest BCUT2D eigenvalue weighted by Crippen LogP contribution is -2.49. The van der Waals surface area contributed by atoms with Crippen LogP contribution in [0.2, 0.25) is 0 Å². The maximum atomic E-state index is 12.5. The van der Waals surface area contributed by atoms with Crippen molar-refractivity contribution in [1.82, 2.24) is 20.8 Å². The van der Waals surface area contributed by atoms with E-state index in [2.05, 4.69) is 45.0 Å². The van der Waals surface area contributed by atoms with Crippen LogP contribution < -0.4 is 10.6 Å². The van der Waals surface area contributed by atoms with Gasteiger partial charge in [0.1, 0.15) is 5.54 Å². The van der Waals surface area contributed by atoms with Gasteiger partial charge in [0.05, 0.1) is 0 Å². The van der Waals surface area contributed by atoms with Crippen LogP contribution in [0, 0.1) is 12.8 Å². The van der Waals surface area contributed by atoms with Crippen molar-refractivity contribution in [3.05, 3.63) is 47.6 Å². The SMILES string of the molecule is Cc1nc(C2(NC(=O)NCC3CC3c3ccccc3)CCCC2)no1. The smallest absolute Gasteiger partial charge is 0.315 e. The van der Waals surface area contributed by atoms with Gasteiger partial charge in [-0.05, 0) is 36.7 Å². The Morgan fingerprint density at radius 1 is 1.28 bits per heavy atom. The first-order valence-corrected chi connectivity index (χ1v) is 9.08. The molecule has 2 fully saturated rings. The number of nitrogens with one attached hydrogen (secondary N) is 2. The van der Waals surface area contributed by atoms with E-state index in [9.17, 15) is 4.79 Å². The average Bonchev–Trinajstić information content (AvgIpc) is 3.00. The molecule has 132 valence electrons. The summed E-state index contributed by atoms with van der Waals surface area (Å²) in [7, 11) is 0. The van der Waals surface area contributed by atoms with Crippen LogP contribution >= 0.6 is 0 Å². The molecule has 2 N–H and O–H groups in total. The van der Waals surface area contributed by atoms with Gasteiger partial charge in [-0.15, -0.1) is 0 Å². The third-order valence-electron chi connectivity index (χ3n) is 5.44. The standard InChI is InChI=1S/C19H24N4O2/c1-13-21-17(23-25-13)19(9-5-6-10-19)22-18(24)20-12-15-11-16(15)14-7-3-2-4-8-14/h2-4,7-8,15-16H,5-6,9-12H2,1H3,(H2,20,22,24). The Morgan fingerprint density at radius 3 is 2.72 bits per heavy atom. The second-order valence-corrected chi connectivity index (χ2v) is 7.27. The molecule has 6 nitrogen and oxygen atoms in total. The highest BCUT2D eigenvalue weighted by Crippen LogP contribution is 2.46. The molecule has 1 aromatic carbocycles. The van der Waals surface area contributed by atoms with Crippen molar-refractivity contribution in [2.24, 2.45) is 5.92 Å². The zero-order valence-electron chi connectivity index (χ0n) is 14.5. The number of carbonyl (C=O) groups is 1. The van der Waals surface area contributed by atoms with E-state index in [0.717, 1.165) is 32.1 Å². The van der Waals surface area contributed by atoms with Gasteiger partial charge in [-0.25, -0.2) is 4.79 Å². The lowest BCUT2D eigenvalue weighted by molar-refractivity contribution is 0.220. The van der Waals surface area contributed by atoms with Crippen molar-refractivity contribution in [1.29, 1.82) is 0 Å². The van der Waals surface area contributed by atoms with Gasteiger partial charge in [-0.3, -0.25) is 0 Å². The highest BCUT2D eigenvalue weighted by atomic mass is 16.5. The Labute approximate surface area is 147 Å². The fraction of sp³-hybridized carbons (Fsp3) is 0.526. The van der Waals surface area contributed by atoms with Gasteiger partial charge in [-0.1, -0.05) is 48.3 Å². The summed E-state index contributed by atoms with van der Waals surface area (Å²) in [6.07, 6.45) is 4.98. The molecule has 0 aliphatic heterocycles. The molecule has 4 rings (SSSR count). The zero-order chi connectivity index (χ0) is 17.3. The Morgan fingerprint density at radius 2 is 2.04 bits per heavy atom. The second kappa shape index (κ2) is 6.50. The first-order valence-electron chi connectivity index (χ1n) is 9.08. The number of amides is 2. The van der Waals surface area contributed by atoms with E-state index in [0.29, 0.717) is 30.1 Å². The van der Waals surface area contributed by atoms with E-state index in [1.807, 2.05) is 6.07 Å². The molecule has 6 heteroatoms. The fourth-order valence-electron chi connectivity index (χ4n) is 3.94. The van der Waals surface area contributed by atoms with E-state index < -0.39 is 5.54 Å². The minimum Gasteiger partial charge on any atom is -0.340 e. The molecule has 2 saturated carbocycles. The lowest BCUT2D eigenvalue weighted by atomic mass is 9.97. The van der Waals surface area contributed by atoms with Crippen LogP contribution in [0.1, 0.15) is 55.3 Å². The van der Waals surface area contributed by atoms with Gasteiger partial charge in [0.25, 0.3) is 0 Å². The molecule has 2 aliphatic carbocycles. The summed E-state index contributed by atoms with van der Waals surface area (Å²) in [5.74, 6) is 2.24. The minimum atomic E-state index is -0.482. The minimum absolute atomic E-state index is 0.136. The number of hydrogen-bond donors (Lipinski definition) is 2. The largest absolute Gasteiger partial charge is 0.340 e. The second-order valence-electron chi connectivity index (χ2n) is 7.27. The summed E-state index contributed by atoms with van der Waals surface area (Å²) >= 11 is 0. The van der Waals surface area contributed by atoms with Crippen LogP contribution in [0.15, 0.2) is 34.9 Å². The average molecular weight is 340 g/mol. The predicted octanol–water partition coefficient (Wildman–Crippen LogP) is 3.25. The van der Waals surface area contributed by atoms with Gasteiger partial charge in [-0.2, -0.15) is 4.98 Å². The van der Waals surface area contributed by atoms with Gasteiger partial charge >= 0.3 is 6.03 Å². The van der Waals surface area contributed by atoms with Crippen molar-refractivity contribution >= 4 is 6.03 Å². The van der Waals surface area contributed by atoms with E-state index >= 15 is 0 Å². The van der Waals surface area contributed by atoms with Crippen LogP contribution in [-0.2, 0) is 5.54 Å². The number of carbonyl (C=O) groups excluding carboxylic acids is 1. The quantitative estimate of drug-likeness (QED) is 0.875. The molecular formula is C19H24N4O2. The van der Waals surface area contributed by atoms with Gasteiger partial charge in [0.15, 0.2) is 5.82 Å². The number of aromatic nitrogens is 2. The number of aryl methyl sites for hydroxylation is 1. The van der Waals surface area contributed by atoms with Crippen LogP contribution in [0.3, 0.4) is 0 Å². The molecule has 2 aromatic rings. The molecule has 0 bridgehead atoms. The molecule has 2 atom stereocenters. The van der Waals surface area contributed by atoms with E-state index in [1.54, 1.807) is 6.92 Å². The van der Waals surface area contributed by atoms with Crippen molar-refractivity contribution in [3.8, 4) is 0 Å². The van der Waals surface area contributed by atoms with E-state index in [1.165, 1.54) is 5.56 Å². The van der Waals surface area contributed by atoms with Crippen molar-refractivity contribution in [3.63, 3.8) is 0 Å².